The first kappa shape index (κ1) is 18.7. The van der Waals surface area contributed by atoms with Crippen LogP contribution < -0.4 is 10.1 Å². The summed E-state index contributed by atoms with van der Waals surface area (Å²) in [5.74, 6) is -1.33. The molecule has 0 aromatic heterocycles. The van der Waals surface area contributed by atoms with Gasteiger partial charge in [-0.05, 0) is 60.7 Å². The fraction of sp³-hybridized carbons (Fsp3) is 0.105. The molecule has 1 amide bonds. The van der Waals surface area contributed by atoms with Crippen LogP contribution in [0, 0.1) is 5.82 Å². The predicted octanol–water partition coefficient (Wildman–Crippen LogP) is 3.57. The van der Waals surface area contributed by atoms with E-state index in [1.54, 1.807) is 42.5 Å². The summed E-state index contributed by atoms with van der Waals surface area (Å²) in [5, 5.41) is 11.9. The zero-order valence-electron chi connectivity index (χ0n) is 14.2. The summed E-state index contributed by atoms with van der Waals surface area (Å²) in [6, 6.07) is 12.5. The molecule has 1 saturated heterocycles. The molecule has 1 aliphatic heterocycles. The Bertz CT molecular complexity index is 941. The van der Waals surface area contributed by atoms with E-state index in [0.29, 0.717) is 21.5 Å². The Morgan fingerprint density at radius 2 is 2.04 bits per heavy atom. The lowest BCUT2D eigenvalue weighted by Gasteiger charge is -2.10. The molecular formula is C19H15FN2O4S. The van der Waals surface area contributed by atoms with Gasteiger partial charge in [0.1, 0.15) is 11.6 Å². The van der Waals surface area contributed by atoms with E-state index in [1.165, 1.54) is 19.1 Å². The normalized spacial score (nSPS) is 17.8. The summed E-state index contributed by atoms with van der Waals surface area (Å²) in [4.78, 5) is 27.6. The highest BCUT2D eigenvalue weighted by molar-refractivity contribution is 8.18. The Balaban J connectivity index is 1.72. The van der Waals surface area contributed by atoms with Gasteiger partial charge in [0.05, 0.1) is 10.6 Å². The van der Waals surface area contributed by atoms with Crippen molar-refractivity contribution in [2.24, 2.45) is 4.99 Å². The Morgan fingerprint density at radius 1 is 1.30 bits per heavy atom. The number of carboxylic acid groups (broad SMARTS) is 1. The lowest BCUT2D eigenvalue weighted by Crippen LogP contribution is -2.22. The first-order valence-electron chi connectivity index (χ1n) is 7.95. The van der Waals surface area contributed by atoms with Crippen LogP contribution in [0.2, 0.25) is 0 Å². The first-order chi connectivity index (χ1) is 12.9. The number of benzene rings is 2. The summed E-state index contributed by atoms with van der Waals surface area (Å²) >= 11 is 1.15. The van der Waals surface area contributed by atoms with Gasteiger partial charge < -0.3 is 15.2 Å². The summed E-state index contributed by atoms with van der Waals surface area (Å²) in [5.41, 5.74) is 1.16. The Morgan fingerprint density at radius 3 is 2.70 bits per heavy atom. The van der Waals surface area contributed by atoms with E-state index in [4.69, 9.17) is 9.84 Å². The number of carbonyl (C=O) groups is 2. The fourth-order valence-corrected chi connectivity index (χ4v) is 3.03. The number of hydrogen-bond donors (Lipinski definition) is 2. The van der Waals surface area contributed by atoms with Gasteiger partial charge in [0.15, 0.2) is 11.3 Å². The molecule has 2 aromatic rings. The van der Waals surface area contributed by atoms with Gasteiger partial charge in [-0.3, -0.25) is 4.79 Å². The van der Waals surface area contributed by atoms with Gasteiger partial charge in [-0.2, -0.15) is 0 Å². The Labute approximate surface area is 158 Å². The highest BCUT2D eigenvalue weighted by Gasteiger charge is 2.23. The third-order valence-electron chi connectivity index (χ3n) is 3.53. The van der Waals surface area contributed by atoms with E-state index < -0.39 is 17.9 Å². The highest BCUT2D eigenvalue weighted by Crippen LogP contribution is 2.28. The predicted molar refractivity (Wildman–Crippen MR) is 101 cm³/mol. The molecule has 1 unspecified atom stereocenters. The zero-order chi connectivity index (χ0) is 19.4. The minimum atomic E-state index is -1.05. The van der Waals surface area contributed by atoms with Gasteiger partial charge in [0.2, 0.25) is 0 Å². The van der Waals surface area contributed by atoms with Crippen molar-refractivity contribution in [2.75, 3.05) is 0 Å². The largest absolute Gasteiger partial charge is 0.479 e. The van der Waals surface area contributed by atoms with Crippen molar-refractivity contribution in [2.45, 2.75) is 13.0 Å². The fourth-order valence-electron chi connectivity index (χ4n) is 2.19. The average molecular weight is 386 g/mol. The average Bonchev–Trinajstić information content (AvgIpc) is 2.95. The molecule has 2 aromatic carbocycles. The van der Waals surface area contributed by atoms with Crippen LogP contribution in [0.1, 0.15) is 12.5 Å². The lowest BCUT2D eigenvalue weighted by atomic mass is 10.2. The van der Waals surface area contributed by atoms with Crippen LogP contribution in [0.5, 0.6) is 5.75 Å². The number of carbonyl (C=O) groups excluding carboxylic acids is 1. The number of nitrogens with one attached hydrogen (secondary N) is 1. The molecule has 2 N–H and O–H groups in total. The summed E-state index contributed by atoms with van der Waals surface area (Å²) in [6.07, 6.45) is 0.727. The number of rotatable bonds is 5. The number of ether oxygens (including phenoxy) is 1. The van der Waals surface area contributed by atoms with Crippen molar-refractivity contribution >= 4 is 40.6 Å². The monoisotopic (exact) mass is 386 g/mol. The summed E-state index contributed by atoms with van der Waals surface area (Å²) in [7, 11) is 0. The van der Waals surface area contributed by atoms with Gasteiger partial charge in [0.25, 0.3) is 5.91 Å². The number of amidine groups is 1. The molecule has 8 heteroatoms. The molecule has 1 aliphatic rings. The van der Waals surface area contributed by atoms with Gasteiger partial charge in [-0.15, -0.1) is 0 Å². The number of amides is 1. The van der Waals surface area contributed by atoms with Crippen molar-refractivity contribution in [3.63, 3.8) is 0 Å². The molecular weight excluding hydrogens is 371 g/mol. The van der Waals surface area contributed by atoms with Crippen molar-refractivity contribution in [1.82, 2.24) is 5.32 Å². The van der Waals surface area contributed by atoms with Crippen LogP contribution in [0.3, 0.4) is 0 Å². The molecule has 1 atom stereocenters. The van der Waals surface area contributed by atoms with Gasteiger partial charge in [0, 0.05) is 0 Å². The van der Waals surface area contributed by atoms with Gasteiger partial charge >= 0.3 is 5.97 Å². The Hall–Kier alpha value is -3.13. The summed E-state index contributed by atoms with van der Waals surface area (Å²) < 4.78 is 18.5. The molecule has 3 rings (SSSR count). The minimum absolute atomic E-state index is 0.296. The number of aliphatic carboxylic acids is 1. The number of thioether (sulfide) groups is 1. The van der Waals surface area contributed by atoms with E-state index in [9.17, 15) is 14.0 Å². The molecule has 1 fully saturated rings. The molecule has 0 saturated carbocycles. The molecule has 6 nitrogen and oxygen atoms in total. The van der Waals surface area contributed by atoms with E-state index in [1.807, 2.05) is 0 Å². The topological polar surface area (TPSA) is 88.0 Å². The molecule has 0 aliphatic carbocycles. The quantitative estimate of drug-likeness (QED) is 0.767. The van der Waals surface area contributed by atoms with E-state index in [-0.39, 0.29) is 5.91 Å². The molecule has 27 heavy (non-hydrogen) atoms. The van der Waals surface area contributed by atoms with E-state index in [0.717, 1.165) is 17.3 Å². The molecule has 1 heterocycles. The van der Waals surface area contributed by atoms with Gasteiger partial charge in [-0.25, -0.2) is 14.2 Å². The number of aliphatic imine (C=N–C) groups is 1. The molecule has 138 valence electrons. The van der Waals surface area contributed by atoms with Crippen LogP contribution in [0.25, 0.3) is 6.08 Å². The van der Waals surface area contributed by atoms with Crippen molar-refractivity contribution in [3.8, 4) is 5.75 Å². The standard InChI is InChI=1S/C19H15FN2O4S/c1-11(18(24)25)26-15-7-5-12(6-8-15)9-16-17(23)22-19(27-16)21-14-4-2-3-13(20)10-14/h2-11H,1H3,(H,24,25)(H,21,22,23)/b16-9+. The number of nitrogens with zero attached hydrogens (tertiary/aromatic N) is 1. The first-order valence-corrected chi connectivity index (χ1v) is 8.77. The maximum absolute atomic E-state index is 13.2. The second-order valence-electron chi connectivity index (χ2n) is 5.63. The smallest absolute Gasteiger partial charge is 0.344 e. The SMILES string of the molecule is CC(Oc1ccc(/C=C2/SC(=Nc3cccc(F)c3)NC2=O)cc1)C(=O)O. The number of halogens is 1. The minimum Gasteiger partial charge on any atom is -0.479 e. The Kier molecular flexibility index (Phi) is 5.56. The van der Waals surface area contributed by atoms with Crippen LogP contribution in [-0.2, 0) is 9.59 Å². The van der Waals surface area contributed by atoms with Crippen LogP contribution >= 0.6 is 11.8 Å². The lowest BCUT2D eigenvalue weighted by molar-refractivity contribution is -0.144. The maximum Gasteiger partial charge on any atom is 0.344 e. The molecule has 0 bridgehead atoms. The number of hydrogen-bond acceptors (Lipinski definition) is 5. The second kappa shape index (κ2) is 8.05. The van der Waals surface area contributed by atoms with E-state index >= 15 is 0 Å². The highest BCUT2D eigenvalue weighted by atomic mass is 32.2. The third kappa shape index (κ3) is 4.95. The number of carboxylic acids is 1. The second-order valence-corrected chi connectivity index (χ2v) is 6.66. The van der Waals surface area contributed by atoms with Gasteiger partial charge in [-0.1, -0.05) is 18.2 Å². The summed E-state index contributed by atoms with van der Waals surface area (Å²) in [6.45, 7) is 1.44. The van der Waals surface area contributed by atoms with Crippen LogP contribution in [-0.4, -0.2) is 28.3 Å². The van der Waals surface area contributed by atoms with Crippen molar-refractivity contribution < 1.29 is 23.8 Å². The van der Waals surface area contributed by atoms with Crippen molar-refractivity contribution in [1.29, 1.82) is 0 Å². The zero-order valence-corrected chi connectivity index (χ0v) is 15.0. The third-order valence-corrected chi connectivity index (χ3v) is 4.44. The van der Waals surface area contributed by atoms with E-state index in [2.05, 4.69) is 10.3 Å². The maximum atomic E-state index is 13.2. The van der Waals surface area contributed by atoms with Crippen molar-refractivity contribution in [3.05, 3.63) is 64.8 Å². The molecule has 0 radical (unpaired) electrons. The van der Waals surface area contributed by atoms with Crippen LogP contribution in [0.15, 0.2) is 58.4 Å². The van der Waals surface area contributed by atoms with Crippen LogP contribution in [0.4, 0.5) is 10.1 Å². The molecule has 0 spiro atoms.